The molecular weight excluding hydrogens is 374 g/mol. The number of ketones is 1. The number of pyridine rings is 1. The van der Waals surface area contributed by atoms with Crippen LogP contribution in [0, 0.1) is 6.92 Å². The summed E-state index contributed by atoms with van der Waals surface area (Å²) in [5.41, 5.74) is 3.27. The Labute approximate surface area is 169 Å². The van der Waals surface area contributed by atoms with E-state index in [4.69, 9.17) is 21.1 Å². The van der Waals surface area contributed by atoms with Gasteiger partial charge in [0.05, 0.1) is 7.11 Å². The minimum Gasteiger partial charge on any atom is -0.496 e. The number of carbonyl (C=O) groups excluding carboxylic acids is 1. The number of carbonyl (C=O) groups is 1. The van der Waals surface area contributed by atoms with Gasteiger partial charge in [-0.1, -0.05) is 23.7 Å². The topological polar surface area (TPSA) is 48.4 Å². The zero-order valence-corrected chi connectivity index (χ0v) is 16.4. The summed E-state index contributed by atoms with van der Waals surface area (Å²) in [5.74, 6) is 1.39. The molecule has 3 rings (SSSR count). The first-order valence-corrected chi connectivity index (χ1v) is 9.13. The SMILES string of the molecule is COc1ccc(/C=C/C(=O)c2cccnc2)cc1COc1ccc(Cl)cc1C. The summed E-state index contributed by atoms with van der Waals surface area (Å²) in [4.78, 5) is 16.2. The molecule has 3 aromatic rings. The Morgan fingerprint density at radius 3 is 2.68 bits per heavy atom. The van der Waals surface area contributed by atoms with Crippen LogP contribution in [0.25, 0.3) is 6.08 Å². The highest BCUT2D eigenvalue weighted by Crippen LogP contribution is 2.26. The van der Waals surface area contributed by atoms with Crippen LogP contribution in [0.15, 0.2) is 67.0 Å². The molecule has 142 valence electrons. The Bertz CT molecular complexity index is 1000. The lowest BCUT2D eigenvalue weighted by molar-refractivity contribution is 0.104. The van der Waals surface area contributed by atoms with E-state index in [-0.39, 0.29) is 5.78 Å². The van der Waals surface area contributed by atoms with Crippen molar-refractivity contribution in [1.82, 2.24) is 4.98 Å². The van der Waals surface area contributed by atoms with Crippen molar-refractivity contribution in [2.24, 2.45) is 0 Å². The highest BCUT2D eigenvalue weighted by Gasteiger charge is 2.07. The van der Waals surface area contributed by atoms with Crippen LogP contribution < -0.4 is 9.47 Å². The monoisotopic (exact) mass is 393 g/mol. The maximum Gasteiger partial charge on any atom is 0.187 e. The number of halogens is 1. The maximum atomic E-state index is 12.2. The molecule has 4 nitrogen and oxygen atoms in total. The number of methoxy groups -OCH3 is 1. The summed E-state index contributed by atoms with van der Waals surface area (Å²) >= 11 is 5.99. The third kappa shape index (κ3) is 4.99. The van der Waals surface area contributed by atoms with Crippen molar-refractivity contribution in [2.45, 2.75) is 13.5 Å². The van der Waals surface area contributed by atoms with Crippen molar-refractivity contribution in [2.75, 3.05) is 7.11 Å². The Balaban J connectivity index is 1.76. The van der Waals surface area contributed by atoms with Crippen LogP contribution in [0.3, 0.4) is 0 Å². The van der Waals surface area contributed by atoms with Crippen LogP contribution in [0.4, 0.5) is 0 Å². The summed E-state index contributed by atoms with van der Waals surface area (Å²) in [6.07, 6.45) is 6.49. The van der Waals surface area contributed by atoms with Gasteiger partial charge in [-0.15, -0.1) is 0 Å². The predicted octanol–water partition coefficient (Wildman–Crippen LogP) is 5.53. The smallest absolute Gasteiger partial charge is 0.187 e. The van der Waals surface area contributed by atoms with Crippen LogP contribution in [0.1, 0.15) is 27.0 Å². The Hall–Kier alpha value is -3.11. The second-order valence-electron chi connectivity index (χ2n) is 6.21. The predicted molar refractivity (Wildman–Crippen MR) is 111 cm³/mol. The van der Waals surface area contributed by atoms with Crippen LogP contribution in [0.2, 0.25) is 5.02 Å². The second-order valence-corrected chi connectivity index (χ2v) is 6.65. The molecule has 1 heterocycles. The maximum absolute atomic E-state index is 12.2. The fraction of sp³-hybridized carbons (Fsp3) is 0.130. The molecule has 5 heteroatoms. The first kappa shape index (κ1) is 19.6. The zero-order valence-electron chi connectivity index (χ0n) is 15.7. The fourth-order valence-corrected chi connectivity index (χ4v) is 2.95. The summed E-state index contributed by atoms with van der Waals surface area (Å²) in [6.45, 7) is 2.28. The summed E-state index contributed by atoms with van der Waals surface area (Å²) in [7, 11) is 1.62. The zero-order chi connectivity index (χ0) is 19.9. The number of ether oxygens (including phenoxy) is 2. The summed E-state index contributed by atoms with van der Waals surface area (Å²) in [6, 6.07) is 14.7. The van der Waals surface area contributed by atoms with Crippen molar-refractivity contribution in [3.63, 3.8) is 0 Å². The second kappa shape index (κ2) is 9.20. The van der Waals surface area contributed by atoms with E-state index in [1.807, 2.05) is 37.3 Å². The molecule has 2 aromatic carbocycles. The summed E-state index contributed by atoms with van der Waals surface area (Å²) < 4.78 is 11.4. The van der Waals surface area contributed by atoms with Gasteiger partial charge >= 0.3 is 0 Å². The Morgan fingerprint density at radius 1 is 1.14 bits per heavy atom. The quantitative estimate of drug-likeness (QED) is 0.391. The summed E-state index contributed by atoms with van der Waals surface area (Å²) in [5, 5.41) is 0.674. The van der Waals surface area contributed by atoms with Gasteiger partial charge in [-0.25, -0.2) is 0 Å². The van der Waals surface area contributed by atoms with Gasteiger partial charge in [0.2, 0.25) is 0 Å². The number of rotatable bonds is 7. The number of aromatic nitrogens is 1. The lowest BCUT2D eigenvalue weighted by atomic mass is 10.1. The van der Waals surface area contributed by atoms with E-state index >= 15 is 0 Å². The Morgan fingerprint density at radius 2 is 1.96 bits per heavy atom. The van der Waals surface area contributed by atoms with Gasteiger partial charge in [0, 0.05) is 28.5 Å². The van der Waals surface area contributed by atoms with E-state index < -0.39 is 0 Å². The number of aryl methyl sites for hydroxylation is 1. The van der Waals surface area contributed by atoms with E-state index in [1.54, 1.807) is 43.8 Å². The molecule has 0 radical (unpaired) electrons. The molecular formula is C23H20ClNO3. The van der Waals surface area contributed by atoms with Crippen LogP contribution in [-0.4, -0.2) is 17.9 Å². The first-order valence-electron chi connectivity index (χ1n) is 8.75. The van der Waals surface area contributed by atoms with Crippen LogP contribution in [-0.2, 0) is 6.61 Å². The number of benzene rings is 2. The third-order valence-corrected chi connectivity index (χ3v) is 4.43. The van der Waals surface area contributed by atoms with Crippen molar-refractivity contribution in [1.29, 1.82) is 0 Å². The highest BCUT2D eigenvalue weighted by molar-refractivity contribution is 6.30. The van der Waals surface area contributed by atoms with Gasteiger partial charge in [0.25, 0.3) is 0 Å². The van der Waals surface area contributed by atoms with E-state index in [2.05, 4.69) is 4.98 Å². The molecule has 0 atom stereocenters. The van der Waals surface area contributed by atoms with Crippen molar-refractivity contribution < 1.29 is 14.3 Å². The lowest BCUT2D eigenvalue weighted by Gasteiger charge is -2.13. The number of hydrogen-bond acceptors (Lipinski definition) is 4. The molecule has 0 saturated heterocycles. The number of allylic oxidation sites excluding steroid dienone is 1. The molecule has 0 aliphatic heterocycles. The standard InChI is InChI=1S/C23H20ClNO3/c1-16-12-20(24)7-10-22(16)28-15-19-13-17(6-9-23(19)27-2)5-8-21(26)18-4-3-11-25-14-18/h3-14H,15H2,1-2H3/b8-5+. The minimum absolute atomic E-state index is 0.0986. The van der Waals surface area contributed by atoms with E-state index in [9.17, 15) is 4.79 Å². The molecule has 0 saturated carbocycles. The van der Waals surface area contributed by atoms with E-state index in [0.717, 1.165) is 28.2 Å². The lowest BCUT2D eigenvalue weighted by Crippen LogP contribution is -2.00. The van der Waals surface area contributed by atoms with Crippen molar-refractivity contribution >= 4 is 23.5 Å². The van der Waals surface area contributed by atoms with Gasteiger partial charge < -0.3 is 9.47 Å². The molecule has 1 aromatic heterocycles. The highest BCUT2D eigenvalue weighted by atomic mass is 35.5. The number of nitrogens with zero attached hydrogens (tertiary/aromatic N) is 1. The molecule has 0 aliphatic rings. The Kier molecular flexibility index (Phi) is 6.45. The average molecular weight is 394 g/mol. The molecule has 0 unspecified atom stereocenters. The van der Waals surface area contributed by atoms with E-state index in [1.165, 1.54) is 6.08 Å². The van der Waals surface area contributed by atoms with Gasteiger partial charge in [-0.2, -0.15) is 0 Å². The fourth-order valence-electron chi connectivity index (χ4n) is 2.72. The molecule has 0 amide bonds. The van der Waals surface area contributed by atoms with E-state index in [0.29, 0.717) is 17.2 Å². The van der Waals surface area contributed by atoms with Crippen LogP contribution in [0.5, 0.6) is 11.5 Å². The van der Waals surface area contributed by atoms with Crippen molar-refractivity contribution in [3.05, 3.63) is 94.3 Å². The average Bonchev–Trinajstić information content (AvgIpc) is 2.72. The van der Waals surface area contributed by atoms with Gasteiger partial charge in [0.15, 0.2) is 5.78 Å². The molecule has 0 spiro atoms. The van der Waals surface area contributed by atoms with Gasteiger partial charge in [0.1, 0.15) is 18.1 Å². The van der Waals surface area contributed by atoms with Crippen LogP contribution >= 0.6 is 11.6 Å². The van der Waals surface area contributed by atoms with Gasteiger partial charge in [-0.05, 0) is 66.6 Å². The molecule has 0 bridgehead atoms. The molecule has 28 heavy (non-hydrogen) atoms. The minimum atomic E-state index is -0.0986. The normalized spacial score (nSPS) is 10.8. The van der Waals surface area contributed by atoms with Gasteiger partial charge in [-0.3, -0.25) is 9.78 Å². The first-order chi connectivity index (χ1) is 13.6. The molecule has 0 fully saturated rings. The van der Waals surface area contributed by atoms with Crippen molar-refractivity contribution in [3.8, 4) is 11.5 Å². The third-order valence-electron chi connectivity index (χ3n) is 4.20. The molecule has 0 N–H and O–H groups in total. The molecule has 0 aliphatic carbocycles. The number of hydrogen-bond donors (Lipinski definition) is 0. The largest absolute Gasteiger partial charge is 0.496 e.